The second kappa shape index (κ2) is 6.21. The first-order valence-electron chi connectivity index (χ1n) is 5.67. The van der Waals surface area contributed by atoms with E-state index < -0.39 is 0 Å². The van der Waals surface area contributed by atoms with E-state index in [1.807, 2.05) is 30.3 Å². The molecule has 0 saturated heterocycles. The van der Waals surface area contributed by atoms with Gasteiger partial charge in [-0.1, -0.05) is 36.4 Å². The van der Waals surface area contributed by atoms with Crippen molar-refractivity contribution in [3.05, 3.63) is 65.5 Å². The highest BCUT2D eigenvalue weighted by molar-refractivity contribution is 7.97. The molecule has 0 saturated carbocycles. The van der Waals surface area contributed by atoms with Gasteiger partial charge in [-0.2, -0.15) is 11.8 Å². The minimum atomic E-state index is 0.0333. The summed E-state index contributed by atoms with van der Waals surface area (Å²) in [5.74, 6) is 1.80. The topological polar surface area (TPSA) is 62.8 Å². The molecule has 0 unspecified atom stereocenters. The van der Waals surface area contributed by atoms with Crippen molar-refractivity contribution in [2.45, 2.75) is 11.5 Å². The van der Waals surface area contributed by atoms with Crippen LogP contribution in [-0.2, 0) is 11.5 Å². The van der Waals surface area contributed by atoms with Gasteiger partial charge in [0, 0.05) is 17.7 Å². The molecule has 1 aromatic heterocycles. The maximum Gasteiger partial charge on any atom is 0.142 e. The van der Waals surface area contributed by atoms with Crippen LogP contribution in [0, 0.1) is 5.41 Å². The van der Waals surface area contributed by atoms with Crippen LogP contribution in [0.5, 0.6) is 0 Å². The minimum Gasteiger partial charge on any atom is -0.382 e. The third-order valence-corrected chi connectivity index (χ3v) is 3.57. The first-order valence-corrected chi connectivity index (χ1v) is 6.83. The average molecular weight is 257 g/mol. The molecule has 0 spiro atoms. The van der Waals surface area contributed by atoms with Crippen molar-refractivity contribution in [1.82, 2.24) is 4.98 Å². The van der Waals surface area contributed by atoms with E-state index in [9.17, 15) is 0 Å². The summed E-state index contributed by atoms with van der Waals surface area (Å²) in [5.41, 5.74) is 8.43. The Labute approximate surface area is 111 Å². The van der Waals surface area contributed by atoms with E-state index in [1.54, 1.807) is 18.0 Å². The number of pyridine rings is 1. The summed E-state index contributed by atoms with van der Waals surface area (Å²) in [4.78, 5) is 4.14. The monoisotopic (exact) mass is 257 g/mol. The Morgan fingerprint density at radius 1 is 1.11 bits per heavy atom. The molecule has 92 valence electrons. The lowest BCUT2D eigenvalue weighted by atomic mass is 10.2. The fourth-order valence-electron chi connectivity index (χ4n) is 1.65. The van der Waals surface area contributed by atoms with Crippen LogP contribution in [0.1, 0.15) is 16.8 Å². The molecular weight excluding hydrogens is 242 g/mol. The molecule has 0 atom stereocenters. The molecular formula is C14H15N3S. The summed E-state index contributed by atoms with van der Waals surface area (Å²) in [6.45, 7) is 0. The molecule has 18 heavy (non-hydrogen) atoms. The number of hydrogen-bond acceptors (Lipinski definition) is 3. The van der Waals surface area contributed by atoms with E-state index >= 15 is 0 Å². The predicted molar refractivity (Wildman–Crippen MR) is 76.7 cm³/mol. The van der Waals surface area contributed by atoms with Gasteiger partial charge in [0.25, 0.3) is 0 Å². The fraction of sp³-hybridized carbons (Fsp3) is 0.143. The maximum absolute atomic E-state index is 7.48. The quantitative estimate of drug-likeness (QED) is 0.639. The van der Waals surface area contributed by atoms with E-state index in [-0.39, 0.29) is 5.84 Å². The van der Waals surface area contributed by atoms with Gasteiger partial charge in [0.2, 0.25) is 0 Å². The number of aromatic nitrogens is 1. The van der Waals surface area contributed by atoms with Gasteiger partial charge in [-0.3, -0.25) is 10.4 Å². The van der Waals surface area contributed by atoms with Crippen molar-refractivity contribution in [1.29, 1.82) is 5.41 Å². The largest absolute Gasteiger partial charge is 0.382 e. The number of thioether (sulfide) groups is 1. The van der Waals surface area contributed by atoms with Gasteiger partial charge < -0.3 is 5.73 Å². The summed E-state index contributed by atoms with van der Waals surface area (Å²) in [6.07, 6.45) is 1.67. The molecule has 1 aromatic carbocycles. The van der Waals surface area contributed by atoms with E-state index in [1.165, 1.54) is 5.56 Å². The molecule has 0 bridgehead atoms. The van der Waals surface area contributed by atoms with Gasteiger partial charge in [0.05, 0.1) is 0 Å². The second-order valence-electron chi connectivity index (χ2n) is 3.90. The standard InChI is InChI=1S/C14H15N3S/c15-14(16)13-12(7-4-8-17-13)10-18-9-11-5-2-1-3-6-11/h1-8H,9-10H2,(H3,15,16). The smallest absolute Gasteiger partial charge is 0.142 e. The summed E-state index contributed by atoms with van der Waals surface area (Å²) >= 11 is 1.80. The number of nitrogen functional groups attached to an aromatic ring is 1. The van der Waals surface area contributed by atoms with Gasteiger partial charge in [-0.25, -0.2) is 0 Å². The third kappa shape index (κ3) is 3.34. The first kappa shape index (κ1) is 12.6. The lowest BCUT2D eigenvalue weighted by Crippen LogP contribution is -2.15. The van der Waals surface area contributed by atoms with E-state index in [4.69, 9.17) is 11.1 Å². The molecule has 3 N–H and O–H groups in total. The van der Waals surface area contributed by atoms with Crippen molar-refractivity contribution < 1.29 is 0 Å². The van der Waals surface area contributed by atoms with Crippen molar-refractivity contribution >= 4 is 17.6 Å². The predicted octanol–water partition coefficient (Wildman–Crippen LogP) is 2.80. The molecule has 3 nitrogen and oxygen atoms in total. The van der Waals surface area contributed by atoms with Crippen LogP contribution in [0.4, 0.5) is 0 Å². The molecule has 0 aliphatic carbocycles. The average Bonchev–Trinajstić information content (AvgIpc) is 2.40. The highest BCUT2D eigenvalue weighted by Gasteiger charge is 2.05. The summed E-state index contributed by atoms with van der Waals surface area (Å²) < 4.78 is 0. The zero-order chi connectivity index (χ0) is 12.8. The van der Waals surface area contributed by atoms with Crippen LogP contribution >= 0.6 is 11.8 Å². The number of hydrogen-bond donors (Lipinski definition) is 2. The number of rotatable bonds is 5. The van der Waals surface area contributed by atoms with Crippen LogP contribution in [0.25, 0.3) is 0 Å². The Balaban J connectivity index is 1.97. The zero-order valence-electron chi connectivity index (χ0n) is 9.97. The van der Waals surface area contributed by atoms with Crippen molar-refractivity contribution in [2.75, 3.05) is 0 Å². The Morgan fingerprint density at radius 2 is 1.89 bits per heavy atom. The summed E-state index contributed by atoms with van der Waals surface area (Å²) in [7, 11) is 0. The third-order valence-electron chi connectivity index (χ3n) is 2.52. The second-order valence-corrected chi connectivity index (χ2v) is 4.89. The first-order chi connectivity index (χ1) is 8.77. The van der Waals surface area contributed by atoms with E-state index in [2.05, 4.69) is 17.1 Å². The number of nitrogens with zero attached hydrogens (tertiary/aromatic N) is 1. The Morgan fingerprint density at radius 3 is 2.61 bits per heavy atom. The van der Waals surface area contributed by atoms with Crippen LogP contribution < -0.4 is 5.73 Å². The van der Waals surface area contributed by atoms with Crippen molar-refractivity contribution in [3.63, 3.8) is 0 Å². The van der Waals surface area contributed by atoms with E-state index in [0.29, 0.717) is 5.69 Å². The minimum absolute atomic E-state index is 0.0333. The van der Waals surface area contributed by atoms with Crippen LogP contribution in [0.3, 0.4) is 0 Å². The summed E-state index contributed by atoms with van der Waals surface area (Å²) in [6, 6.07) is 14.2. The van der Waals surface area contributed by atoms with Crippen molar-refractivity contribution in [2.24, 2.45) is 5.73 Å². The van der Waals surface area contributed by atoms with Crippen LogP contribution in [0.2, 0.25) is 0 Å². The molecule has 2 rings (SSSR count). The lowest BCUT2D eigenvalue weighted by molar-refractivity contribution is 1.19. The maximum atomic E-state index is 7.48. The number of nitrogens with one attached hydrogen (secondary N) is 1. The van der Waals surface area contributed by atoms with Gasteiger partial charge in [0.1, 0.15) is 11.5 Å². The van der Waals surface area contributed by atoms with Gasteiger partial charge in [-0.05, 0) is 17.2 Å². The molecule has 4 heteroatoms. The number of amidine groups is 1. The number of nitrogens with two attached hydrogens (primary N) is 1. The highest BCUT2D eigenvalue weighted by Crippen LogP contribution is 2.19. The summed E-state index contributed by atoms with van der Waals surface area (Å²) in [5, 5.41) is 7.48. The highest BCUT2D eigenvalue weighted by atomic mass is 32.2. The number of benzene rings is 1. The molecule has 0 aliphatic heterocycles. The van der Waals surface area contributed by atoms with E-state index in [0.717, 1.165) is 17.1 Å². The van der Waals surface area contributed by atoms with Gasteiger partial charge in [-0.15, -0.1) is 0 Å². The lowest BCUT2D eigenvalue weighted by Gasteiger charge is -2.06. The molecule has 0 amide bonds. The van der Waals surface area contributed by atoms with Gasteiger partial charge >= 0.3 is 0 Å². The van der Waals surface area contributed by atoms with Crippen molar-refractivity contribution in [3.8, 4) is 0 Å². The molecule has 1 heterocycles. The van der Waals surface area contributed by atoms with Crippen LogP contribution in [0.15, 0.2) is 48.7 Å². The SMILES string of the molecule is N=C(N)c1ncccc1CSCc1ccccc1. The Hall–Kier alpha value is -1.81. The zero-order valence-corrected chi connectivity index (χ0v) is 10.8. The normalized spacial score (nSPS) is 10.2. The van der Waals surface area contributed by atoms with Gasteiger partial charge in [0.15, 0.2) is 0 Å². The molecule has 0 fully saturated rings. The molecule has 0 radical (unpaired) electrons. The fourth-order valence-corrected chi connectivity index (χ4v) is 2.63. The molecule has 0 aliphatic rings. The Kier molecular flexibility index (Phi) is 4.36. The molecule has 2 aromatic rings. The van der Waals surface area contributed by atoms with Crippen LogP contribution in [-0.4, -0.2) is 10.8 Å². The Bertz CT molecular complexity index is 526.